The number of halogens is 3. The quantitative estimate of drug-likeness (QED) is 0.760. The Labute approximate surface area is 97.3 Å². The molecule has 17 heavy (non-hydrogen) atoms. The highest BCUT2D eigenvalue weighted by molar-refractivity contribution is 5.41. The van der Waals surface area contributed by atoms with E-state index in [1.165, 1.54) is 13.2 Å². The normalized spacial score (nSPS) is 23.6. The van der Waals surface area contributed by atoms with Gasteiger partial charge in [0, 0.05) is 0 Å². The summed E-state index contributed by atoms with van der Waals surface area (Å²) in [6.07, 6.45) is -3.76. The average molecular weight is 246 g/mol. The standard InChI is InChI=1S/C12H13F3O2/c1-3-9-11(17-9)7-4-5-10(16-2)8(6-7)12(13,14)15/h4-6,9,11H,3H2,1-2H3. The topological polar surface area (TPSA) is 21.8 Å². The summed E-state index contributed by atoms with van der Waals surface area (Å²) in [5.41, 5.74) is -0.187. The molecule has 0 aromatic heterocycles. The SMILES string of the molecule is CCC1OC1c1ccc(OC)c(C(F)(F)F)c1. The van der Waals surface area contributed by atoms with E-state index in [1.807, 2.05) is 6.92 Å². The molecular weight excluding hydrogens is 233 g/mol. The molecule has 1 aromatic carbocycles. The predicted molar refractivity (Wildman–Crippen MR) is 55.9 cm³/mol. The molecule has 2 rings (SSSR count). The van der Waals surface area contributed by atoms with Crippen LogP contribution in [-0.4, -0.2) is 13.2 Å². The van der Waals surface area contributed by atoms with E-state index in [4.69, 9.17) is 9.47 Å². The predicted octanol–water partition coefficient (Wildman–Crippen LogP) is 3.56. The molecule has 1 heterocycles. The number of methoxy groups -OCH3 is 1. The Bertz CT molecular complexity index is 415. The fourth-order valence-corrected chi connectivity index (χ4v) is 1.87. The van der Waals surface area contributed by atoms with Crippen molar-refractivity contribution < 1.29 is 22.6 Å². The van der Waals surface area contributed by atoms with Gasteiger partial charge in [-0.2, -0.15) is 13.2 Å². The van der Waals surface area contributed by atoms with Crippen molar-refractivity contribution in [3.63, 3.8) is 0 Å². The van der Waals surface area contributed by atoms with E-state index in [1.54, 1.807) is 6.07 Å². The highest BCUT2D eigenvalue weighted by Crippen LogP contribution is 2.44. The Balaban J connectivity index is 2.33. The molecule has 1 saturated heterocycles. The van der Waals surface area contributed by atoms with Gasteiger partial charge < -0.3 is 9.47 Å². The van der Waals surface area contributed by atoms with Crippen molar-refractivity contribution in [2.45, 2.75) is 31.7 Å². The van der Waals surface area contributed by atoms with E-state index in [-0.39, 0.29) is 18.0 Å². The van der Waals surface area contributed by atoms with E-state index in [0.29, 0.717) is 5.56 Å². The molecular formula is C12H13F3O2. The van der Waals surface area contributed by atoms with Crippen molar-refractivity contribution in [2.75, 3.05) is 7.11 Å². The molecule has 94 valence electrons. The third kappa shape index (κ3) is 2.39. The number of alkyl halides is 3. The molecule has 0 spiro atoms. The van der Waals surface area contributed by atoms with Crippen molar-refractivity contribution in [3.8, 4) is 5.75 Å². The van der Waals surface area contributed by atoms with Crippen molar-refractivity contribution in [2.24, 2.45) is 0 Å². The van der Waals surface area contributed by atoms with Crippen LogP contribution in [0.25, 0.3) is 0 Å². The molecule has 0 amide bonds. The molecule has 0 bridgehead atoms. The molecule has 1 aliphatic heterocycles. The Morgan fingerprint density at radius 3 is 2.53 bits per heavy atom. The maximum atomic E-state index is 12.8. The van der Waals surface area contributed by atoms with Crippen LogP contribution in [-0.2, 0) is 10.9 Å². The van der Waals surface area contributed by atoms with Crippen LogP contribution in [0.3, 0.4) is 0 Å². The number of hydrogen-bond acceptors (Lipinski definition) is 2. The lowest BCUT2D eigenvalue weighted by Crippen LogP contribution is -2.08. The van der Waals surface area contributed by atoms with E-state index >= 15 is 0 Å². The number of hydrogen-bond donors (Lipinski definition) is 0. The van der Waals surface area contributed by atoms with Crippen molar-refractivity contribution in [1.29, 1.82) is 0 Å². The fraction of sp³-hybridized carbons (Fsp3) is 0.500. The van der Waals surface area contributed by atoms with Gasteiger partial charge in [-0.25, -0.2) is 0 Å². The lowest BCUT2D eigenvalue weighted by molar-refractivity contribution is -0.138. The second-order valence-electron chi connectivity index (χ2n) is 3.96. The van der Waals surface area contributed by atoms with Crippen LogP contribution < -0.4 is 4.74 Å². The smallest absolute Gasteiger partial charge is 0.419 e. The fourth-order valence-electron chi connectivity index (χ4n) is 1.87. The van der Waals surface area contributed by atoms with Crippen LogP contribution in [0.2, 0.25) is 0 Å². The summed E-state index contributed by atoms with van der Waals surface area (Å²) in [7, 11) is 1.23. The third-order valence-corrected chi connectivity index (χ3v) is 2.84. The first-order valence-electron chi connectivity index (χ1n) is 5.38. The molecule has 0 aliphatic carbocycles. The molecule has 1 fully saturated rings. The summed E-state index contributed by atoms with van der Waals surface area (Å²) < 4.78 is 48.3. The number of benzene rings is 1. The summed E-state index contributed by atoms with van der Waals surface area (Å²) in [5, 5.41) is 0. The monoisotopic (exact) mass is 246 g/mol. The molecule has 5 heteroatoms. The van der Waals surface area contributed by atoms with Crippen molar-refractivity contribution >= 4 is 0 Å². The summed E-state index contributed by atoms with van der Waals surface area (Å²) in [5.74, 6) is -0.157. The van der Waals surface area contributed by atoms with Crippen LogP contribution in [0.15, 0.2) is 18.2 Å². The van der Waals surface area contributed by atoms with Crippen LogP contribution in [0.4, 0.5) is 13.2 Å². The van der Waals surface area contributed by atoms with Crippen LogP contribution >= 0.6 is 0 Å². The summed E-state index contributed by atoms with van der Waals surface area (Å²) in [4.78, 5) is 0. The summed E-state index contributed by atoms with van der Waals surface area (Å²) >= 11 is 0. The highest BCUT2D eigenvalue weighted by atomic mass is 19.4. The van der Waals surface area contributed by atoms with Gasteiger partial charge in [0.05, 0.1) is 18.8 Å². The Morgan fingerprint density at radius 1 is 1.35 bits per heavy atom. The minimum absolute atomic E-state index is 0.0458. The van der Waals surface area contributed by atoms with E-state index in [9.17, 15) is 13.2 Å². The van der Waals surface area contributed by atoms with Crippen molar-refractivity contribution in [1.82, 2.24) is 0 Å². The van der Waals surface area contributed by atoms with Gasteiger partial charge in [-0.3, -0.25) is 0 Å². The zero-order chi connectivity index (χ0) is 12.6. The Morgan fingerprint density at radius 2 is 2.06 bits per heavy atom. The summed E-state index contributed by atoms with van der Waals surface area (Å²) in [6.45, 7) is 1.94. The maximum absolute atomic E-state index is 12.8. The first kappa shape index (κ1) is 12.2. The zero-order valence-corrected chi connectivity index (χ0v) is 9.54. The highest BCUT2D eigenvalue weighted by Gasteiger charge is 2.41. The van der Waals surface area contributed by atoms with Crippen LogP contribution in [0.5, 0.6) is 5.75 Å². The second-order valence-corrected chi connectivity index (χ2v) is 3.96. The van der Waals surface area contributed by atoms with Gasteiger partial charge in [0.15, 0.2) is 0 Å². The largest absolute Gasteiger partial charge is 0.496 e. The van der Waals surface area contributed by atoms with E-state index < -0.39 is 11.7 Å². The van der Waals surface area contributed by atoms with E-state index in [2.05, 4.69) is 0 Å². The Kier molecular flexibility index (Phi) is 3.03. The summed E-state index contributed by atoms with van der Waals surface area (Å²) in [6, 6.07) is 4.07. The average Bonchev–Trinajstić information content (AvgIpc) is 3.06. The minimum atomic E-state index is -4.40. The molecule has 0 radical (unpaired) electrons. The third-order valence-electron chi connectivity index (χ3n) is 2.84. The van der Waals surface area contributed by atoms with Gasteiger partial charge in [-0.1, -0.05) is 13.0 Å². The zero-order valence-electron chi connectivity index (χ0n) is 9.54. The van der Waals surface area contributed by atoms with Crippen molar-refractivity contribution in [3.05, 3.63) is 29.3 Å². The van der Waals surface area contributed by atoms with E-state index in [0.717, 1.165) is 12.5 Å². The van der Waals surface area contributed by atoms with Crippen LogP contribution in [0, 0.1) is 0 Å². The molecule has 1 aliphatic rings. The van der Waals surface area contributed by atoms with Gasteiger partial charge in [-0.15, -0.1) is 0 Å². The van der Waals surface area contributed by atoms with Gasteiger partial charge >= 0.3 is 6.18 Å². The number of ether oxygens (including phenoxy) is 2. The molecule has 2 atom stereocenters. The number of rotatable bonds is 3. The second kappa shape index (κ2) is 4.22. The lowest BCUT2D eigenvalue weighted by atomic mass is 10.0. The number of epoxide rings is 1. The maximum Gasteiger partial charge on any atom is 0.419 e. The molecule has 2 unspecified atom stereocenters. The lowest BCUT2D eigenvalue weighted by Gasteiger charge is -2.12. The van der Waals surface area contributed by atoms with Gasteiger partial charge in [0.1, 0.15) is 11.9 Å². The van der Waals surface area contributed by atoms with Gasteiger partial charge in [0.25, 0.3) is 0 Å². The first-order valence-corrected chi connectivity index (χ1v) is 5.38. The van der Waals surface area contributed by atoms with Gasteiger partial charge in [-0.05, 0) is 24.1 Å². The molecule has 2 nitrogen and oxygen atoms in total. The van der Waals surface area contributed by atoms with Crippen LogP contribution in [0.1, 0.15) is 30.6 Å². The first-order chi connectivity index (χ1) is 7.97. The molecule has 1 aromatic rings. The van der Waals surface area contributed by atoms with Gasteiger partial charge in [0.2, 0.25) is 0 Å². The minimum Gasteiger partial charge on any atom is -0.496 e. The Hall–Kier alpha value is -1.23. The molecule has 0 saturated carbocycles. The molecule has 0 N–H and O–H groups in total.